The molecule has 7 heteroatoms. The number of para-hydroxylation sites is 1. The molecule has 26 heavy (non-hydrogen) atoms. The predicted octanol–water partition coefficient (Wildman–Crippen LogP) is 0.256. The lowest BCUT2D eigenvalue weighted by molar-refractivity contribution is -0.734. The number of hydrogen-bond donors (Lipinski definition) is 1. The van der Waals surface area contributed by atoms with Crippen LogP contribution in [0.25, 0.3) is 0 Å². The molecule has 0 aliphatic carbocycles. The molecule has 2 saturated heterocycles. The molecule has 1 aromatic rings. The molecule has 2 aliphatic heterocycles. The molecule has 0 unspecified atom stereocenters. The number of esters is 1. The Bertz CT molecular complexity index is 749. The summed E-state index contributed by atoms with van der Waals surface area (Å²) in [6, 6.07) is 7.03. The van der Waals surface area contributed by atoms with Gasteiger partial charge in [0.25, 0.3) is 0 Å². The minimum atomic E-state index is -1.11. The van der Waals surface area contributed by atoms with Gasteiger partial charge in [-0.05, 0) is 19.1 Å². The number of imide groups is 1. The van der Waals surface area contributed by atoms with Crippen molar-refractivity contribution in [1.82, 2.24) is 4.90 Å². The van der Waals surface area contributed by atoms with E-state index in [-0.39, 0.29) is 17.9 Å². The average Bonchev–Trinajstić information content (AvgIpc) is 3.15. The number of quaternary nitrogens is 1. The molecular formula is C19H25N2O5+. The van der Waals surface area contributed by atoms with Gasteiger partial charge in [-0.2, -0.15) is 0 Å². The molecule has 0 bridgehead atoms. The highest BCUT2D eigenvalue weighted by molar-refractivity contribution is 6.08. The first-order valence-electron chi connectivity index (χ1n) is 8.89. The number of carbonyl (C=O) groups excluding carboxylic acids is 3. The summed E-state index contributed by atoms with van der Waals surface area (Å²) in [5.41, 5.74) is -0.301. The first-order chi connectivity index (χ1) is 12.5. The van der Waals surface area contributed by atoms with E-state index in [1.165, 1.54) is 12.0 Å². The van der Waals surface area contributed by atoms with E-state index in [1.54, 1.807) is 14.0 Å². The molecule has 0 aromatic heterocycles. The van der Waals surface area contributed by atoms with Crippen LogP contribution in [-0.2, 0) is 19.1 Å². The van der Waals surface area contributed by atoms with E-state index in [4.69, 9.17) is 9.47 Å². The summed E-state index contributed by atoms with van der Waals surface area (Å²) in [5.74, 6) is -1.69. The van der Waals surface area contributed by atoms with E-state index < -0.39 is 23.3 Å². The third kappa shape index (κ3) is 2.34. The third-order valence-electron chi connectivity index (χ3n) is 5.83. The minimum Gasteiger partial charge on any atom is -0.496 e. The van der Waals surface area contributed by atoms with Gasteiger partial charge in [0.05, 0.1) is 19.8 Å². The highest BCUT2D eigenvalue weighted by Gasteiger charge is 2.71. The number of rotatable bonds is 5. The van der Waals surface area contributed by atoms with Crippen molar-refractivity contribution in [2.24, 2.45) is 11.8 Å². The minimum absolute atomic E-state index is 0.228. The molecule has 1 aromatic carbocycles. The van der Waals surface area contributed by atoms with E-state index in [9.17, 15) is 14.4 Å². The van der Waals surface area contributed by atoms with Gasteiger partial charge in [0.1, 0.15) is 23.6 Å². The van der Waals surface area contributed by atoms with Gasteiger partial charge in [-0.1, -0.05) is 19.1 Å². The lowest BCUT2D eigenvalue weighted by atomic mass is 9.78. The summed E-state index contributed by atoms with van der Waals surface area (Å²) in [5, 5.41) is 1.84. The van der Waals surface area contributed by atoms with Crippen LogP contribution in [0.3, 0.4) is 0 Å². The molecule has 7 nitrogen and oxygen atoms in total. The molecule has 2 amide bonds. The average molecular weight is 361 g/mol. The summed E-state index contributed by atoms with van der Waals surface area (Å²) in [6.07, 6.45) is 0.392. The second kappa shape index (κ2) is 6.72. The molecule has 2 N–H and O–H groups in total. The Labute approximate surface area is 152 Å². The van der Waals surface area contributed by atoms with Gasteiger partial charge in [0.2, 0.25) is 17.4 Å². The molecule has 0 saturated carbocycles. The van der Waals surface area contributed by atoms with Crippen molar-refractivity contribution in [3.8, 4) is 5.75 Å². The maximum absolute atomic E-state index is 13.0. The van der Waals surface area contributed by atoms with E-state index in [1.807, 2.05) is 36.5 Å². The van der Waals surface area contributed by atoms with Gasteiger partial charge in [-0.3, -0.25) is 14.5 Å². The van der Waals surface area contributed by atoms with Gasteiger partial charge in [0.15, 0.2) is 0 Å². The molecule has 3 rings (SSSR count). The van der Waals surface area contributed by atoms with Crippen molar-refractivity contribution in [3.05, 3.63) is 29.8 Å². The quantitative estimate of drug-likeness (QED) is 0.600. The van der Waals surface area contributed by atoms with Crippen molar-refractivity contribution in [2.45, 2.75) is 31.8 Å². The summed E-state index contributed by atoms with van der Waals surface area (Å²) in [6.45, 7) is 3.91. The van der Waals surface area contributed by atoms with Crippen LogP contribution < -0.4 is 10.1 Å². The van der Waals surface area contributed by atoms with Crippen LogP contribution in [0.2, 0.25) is 0 Å². The van der Waals surface area contributed by atoms with Gasteiger partial charge in [-0.15, -0.1) is 0 Å². The van der Waals surface area contributed by atoms with Gasteiger partial charge >= 0.3 is 5.97 Å². The van der Waals surface area contributed by atoms with Crippen LogP contribution in [0.4, 0.5) is 0 Å². The van der Waals surface area contributed by atoms with E-state index in [0.717, 1.165) is 5.56 Å². The molecule has 2 heterocycles. The van der Waals surface area contributed by atoms with Crippen LogP contribution >= 0.6 is 0 Å². The third-order valence-corrected chi connectivity index (χ3v) is 5.83. The van der Waals surface area contributed by atoms with E-state index in [0.29, 0.717) is 18.7 Å². The Kier molecular flexibility index (Phi) is 4.75. The zero-order chi connectivity index (χ0) is 19.1. The lowest BCUT2D eigenvalue weighted by Crippen LogP contribution is -2.98. The first-order valence-corrected chi connectivity index (χ1v) is 8.89. The normalized spacial score (nSPS) is 30.5. The number of benzene rings is 1. The number of fused-ring (bicyclic) bond motifs is 1. The fraction of sp³-hybridized carbons (Fsp3) is 0.526. The van der Waals surface area contributed by atoms with Crippen molar-refractivity contribution in [2.75, 3.05) is 20.8 Å². The van der Waals surface area contributed by atoms with Crippen LogP contribution in [0.1, 0.15) is 31.9 Å². The Hall–Kier alpha value is -2.41. The monoisotopic (exact) mass is 361 g/mol. The fourth-order valence-corrected chi connectivity index (χ4v) is 4.59. The summed E-state index contributed by atoms with van der Waals surface area (Å²) >= 11 is 0. The van der Waals surface area contributed by atoms with Crippen molar-refractivity contribution in [1.29, 1.82) is 0 Å². The van der Waals surface area contributed by atoms with Crippen LogP contribution in [0.15, 0.2) is 24.3 Å². The molecule has 140 valence electrons. The second-order valence-electron chi connectivity index (χ2n) is 6.74. The number of nitrogens with two attached hydrogens (primary N) is 1. The van der Waals surface area contributed by atoms with Crippen LogP contribution in [-0.4, -0.2) is 49.0 Å². The maximum Gasteiger partial charge on any atom is 0.368 e. The Morgan fingerprint density at radius 2 is 1.88 bits per heavy atom. The van der Waals surface area contributed by atoms with Gasteiger partial charge < -0.3 is 14.8 Å². The molecule has 2 fully saturated rings. The predicted molar refractivity (Wildman–Crippen MR) is 92.1 cm³/mol. The number of amides is 2. The van der Waals surface area contributed by atoms with Crippen molar-refractivity contribution >= 4 is 17.8 Å². The highest BCUT2D eigenvalue weighted by atomic mass is 16.5. The zero-order valence-electron chi connectivity index (χ0n) is 15.5. The summed E-state index contributed by atoms with van der Waals surface area (Å²) in [7, 11) is 2.89. The van der Waals surface area contributed by atoms with Crippen molar-refractivity contribution < 1.29 is 29.2 Å². The molecule has 0 spiro atoms. The lowest BCUT2D eigenvalue weighted by Gasteiger charge is -2.28. The van der Waals surface area contributed by atoms with E-state index >= 15 is 0 Å². The van der Waals surface area contributed by atoms with Crippen LogP contribution in [0, 0.1) is 11.8 Å². The van der Waals surface area contributed by atoms with Crippen molar-refractivity contribution in [3.63, 3.8) is 0 Å². The SMILES string of the molecule is CCN1C(=O)[C@H]2[C@@H](C1=O)[C@](CC)(C(=O)OC)[NH2+][C@H]2c1ccccc1OC. The summed E-state index contributed by atoms with van der Waals surface area (Å²) < 4.78 is 10.5. The molecular weight excluding hydrogens is 336 g/mol. The van der Waals surface area contributed by atoms with Gasteiger partial charge in [-0.25, -0.2) is 4.79 Å². The Morgan fingerprint density at radius 1 is 1.19 bits per heavy atom. The van der Waals surface area contributed by atoms with E-state index in [2.05, 4.69) is 0 Å². The molecule has 2 aliphatic rings. The number of ether oxygens (including phenoxy) is 2. The smallest absolute Gasteiger partial charge is 0.368 e. The Morgan fingerprint density at radius 3 is 2.46 bits per heavy atom. The number of carbonyl (C=O) groups is 3. The second-order valence-corrected chi connectivity index (χ2v) is 6.74. The number of methoxy groups -OCH3 is 2. The number of likely N-dealkylation sites (tertiary alicyclic amines) is 1. The topological polar surface area (TPSA) is 89.5 Å². The first kappa shape index (κ1) is 18.4. The Balaban J connectivity index is 2.17. The largest absolute Gasteiger partial charge is 0.496 e. The fourth-order valence-electron chi connectivity index (χ4n) is 4.59. The highest BCUT2D eigenvalue weighted by Crippen LogP contribution is 2.47. The number of hydrogen-bond acceptors (Lipinski definition) is 5. The zero-order valence-corrected chi connectivity index (χ0v) is 15.5. The summed E-state index contributed by atoms with van der Waals surface area (Å²) in [4.78, 5) is 40.0. The van der Waals surface area contributed by atoms with Gasteiger partial charge in [0, 0.05) is 13.0 Å². The standard InChI is InChI=1S/C19H24N2O5/c1-5-19(18(24)26-4)14-13(16(22)21(6-2)17(14)23)15(20-19)11-9-7-8-10-12(11)25-3/h7-10,13-15,20H,5-6H2,1-4H3/p+1/t13-,14-,15-,19+/m0/s1. The van der Waals surface area contributed by atoms with Crippen LogP contribution in [0.5, 0.6) is 5.75 Å². The molecule has 0 radical (unpaired) electrons. The number of nitrogens with zero attached hydrogens (tertiary/aromatic N) is 1. The maximum atomic E-state index is 13.0. The molecule has 4 atom stereocenters.